The maximum Gasteiger partial charge on any atom is 0.303 e. The van der Waals surface area contributed by atoms with E-state index in [1.807, 2.05) is 0 Å². The molecule has 1 rings (SSSR count). The molecule has 0 heterocycles. The number of carbonyl (C=O) groups is 8. The average molecular weight is 707 g/mol. The summed E-state index contributed by atoms with van der Waals surface area (Å²) in [5.41, 5.74) is 5.43. The molecule has 0 fully saturated rings. The van der Waals surface area contributed by atoms with Gasteiger partial charge < -0.3 is 37.4 Å². The molecule has 0 saturated carbocycles. The topological polar surface area (TPSA) is 298 Å². The molecule has 19 nitrogen and oxygen atoms in total. The molecule has 9 N–H and O–H groups in total. The van der Waals surface area contributed by atoms with Gasteiger partial charge in [0, 0.05) is 30.7 Å². The molecule has 7 amide bonds. The summed E-state index contributed by atoms with van der Waals surface area (Å²) in [5, 5.41) is 34.5. The van der Waals surface area contributed by atoms with Gasteiger partial charge in [0.05, 0.1) is 11.3 Å². The third-order valence-corrected chi connectivity index (χ3v) is 7.24. The van der Waals surface area contributed by atoms with Gasteiger partial charge in [-0.1, -0.05) is 27.7 Å². The van der Waals surface area contributed by atoms with E-state index >= 15 is 0 Å². The summed E-state index contributed by atoms with van der Waals surface area (Å²) in [5.74, 6) is -7.78. The number of primary amides is 1. The number of nitrogens with one attached hydrogen (secondary N) is 6. The van der Waals surface area contributed by atoms with Crippen molar-refractivity contribution in [1.82, 2.24) is 26.6 Å². The molecule has 50 heavy (non-hydrogen) atoms. The van der Waals surface area contributed by atoms with Crippen LogP contribution in [0.1, 0.15) is 67.2 Å². The highest BCUT2D eigenvalue weighted by atomic mass is 16.6. The van der Waals surface area contributed by atoms with Gasteiger partial charge in [0.1, 0.15) is 30.2 Å². The van der Waals surface area contributed by atoms with Crippen LogP contribution in [-0.2, 0) is 38.4 Å². The largest absolute Gasteiger partial charge is 0.481 e. The van der Waals surface area contributed by atoms with Gasteiger partial charge in [-0.3, -0.25) is 53.8 Å². The Bertz CT molecular complexity index is 1430. The number of non-ortho nitro benzene ring substituents is 1. The number of hydrogen-bond acceptors (Lipinski definition) is 11. The first-order valence-corrected chi connectivity index (χ1v) is 15.8. The first-order valence-electron chi connectivity index (χ1n) is 15.8. The molecular formula is C31H46N8O11. The van der Waals surface area contributed by atoms with Crippen LogP contribution in [0.3, 0.4) is 0 Å². The zero-order valence-corrected chi connectivity index (χ0v) is 28.7. The number of carboxylic acids is 1. The van der Waals surface area contributed by atoms with E-state index in [4.69, 9.17) is 10.8 Å². The minimum atomic E-state index is -1.32. The van der Waals surface area contributed by atoms with Gasteiger partial charge in [0.25, 0.3) is 5.69 Å². The van der Waals surface area contributed by atoms with Crippen LogP contribution in [-0.4, -0.2) is 87.6 Å². The molecule has 0 aliphatic rings. The molecule has 19 heteroatoms. The molecule has 0 unspecified atom stereocenters. The predicted molar refractivity (Wildman–Crippen MR) is 178 cm³/mol. The number of rotatable bonds is 20. The quantitative estimate of drug-likeness (QED) is 0.0625. The Balaban J connectivity index is 2.91. The fourth-order valence-electron chi connectivity index (χ4n) is 4.31. The summed E-state index contributed by atoms with van der Waals surface area (Å²) in [6.45, 7) is 9.25. The van der Waals surface area contributed by atoms with E-state index in [0.29, 0.717) is 5.69 Å². The molecule has 0 bridgehead atoms. The second-order valence-electron chi connectivity index (χ2n) is 12.2. The standard InChI is InChI=1S/C31H46N8O11/c1-15(2)25(30(47)34-18(6)28(45)38-27(44)17(5)33-19-7-9-20(10-8-19)39(49)50)37-31(48)26(16(3)4)36-29(46)21(11-12-22(32)40)35-23(41)13-14-24(42)43/h7-10,15-18,21,25-26,33H,11-14H2,1-6H3,(H2,32,40)(H,34,47)(H,35,41)(H,36,46)(H,37,48)(H,42,43)(H,38,44,45)/t17-,18-,21-,25-,26-/m0/s1. The Morgan fingerprint density at radius 1 is 0.700 bits per heavy atom. The Kier molecular flexibility index (Phi) is 17.0. The second-order valence-corrected chi connectivity index (χ2v) is 12.2. The zero-order valence-electron chi connectivity index (χ0n) is 28.7. The number of nitrogens with two attached hydrogens (primary N) is 1. The van der Waals surface area contributed by atoms with Crippen LogP contribution in [0.5, 0.6) is 0 Å². The number of imide groups is 1. The summed E-state index contributed by atoms with van der Waals surface area (Å²) in [4.78, 5) is 110. The number of nitro groups is 1. The van der Waals surface area contributed by atoms with Crippen molar-refractivity contribution in [2.45, 2.75) is 97.4 Å². The summed E-state index contributed by atoms with van der Waals surface area (Å²) >= 11 is 0. The van der Waals surface area contributed by atoms with Gasteiger partial charge in [-0.25, -0.2) is 0 Å². The number of nitro benzene ring substituents is 1. The third-order valence-electron chi connectivity index (χ3n) is 7.24. The number of carboxylic acid groups (broad SMARTS) is 1. The lowest BCUT2D eigenvalue weighted by atomic mass is 9.98. The van der Waals surface area contributed by atoms with Crippen molar-refractivity contribution < 1.29 is 48.4 Å². The number of nitrogens with zero attached hydrogens (tertiary/aromatic N) is 1. The monoisotopic (exact) mass is 706 g/mol. The van der Waals surface area contributed by atoms with Crippen LogP contribution in [0, 0.1) is 22.0 Å². The predicted octanol–water partition coefficient (Wildman–Crippen LogP) is -0.561. The summed E-state index contributed by atoms with van der Waals surface area (Å²) in [6, 6.07) is -0.643. The SMILES string of the molecule is CC(C)[C@H](NC(=O)[C@H](CCC(N)=O)NC(=O)CCC(=O)O)C(=O)N[C@H](C(=O)N[C@@H](C)C(=O)NC(=O)[C@H](C)Nc1ccc([N+](=O)[O-])cc1)C(C)C. The van der Waals surface area contributed by atoms with E-state index in [1.54, 1.807) is 27.7 Å². The van der Waals surface area contributed by atoms with Crippen LogP contribution in [0.25, 0.3) is 0 Å². The fourth-order valence-corrected chi connectivity index (χ4v) is 4.31. The van der Waals surface area contributed by atoms with Crippen LogP contribution in [0.4, 0.5) is 11.4 Å². The molecule has 1 aromatic carbocycles. The highest BCUT2D eigenvalue weighted by Gasteiger charge is 2.33. The molecule has 0 aliphatic heterocycles. The van der Waals surface area contributed by atoms with E-state index < -0.39 is 107 Å². The maximum atomic E-state index is 13.4. The number of hydrogen-bond donors (Lipinski definition) is 8. The number of carbonyl (C=O) groups excluding carboxylic acids is 7. The average Bonchev–Trinajstić information content (AvgIpc) is 3.02. The van der Waals surface area contributed by atoms with Crippen LogP contribution in [0.2, 0.25) is 0 Å². The molecule has 276 valence electrons. The van der Waals surface area contributed by atoms with Crippen LogP contribution >= 0.6 is 0 Å². The summed E-state index contributed by atoms with van der Waals surface area (Å²) in [7, 11) is 0. The molecule has 0 saturated heterocycles. The van der Waals surface area contributed by atoms with Crippen molar-refractivity contribution >= 4 is 58.7 Å². The van der Waals surface area contributed by atoms with Gasteiger partial charge in [-0.05, 0) is 44.2 Å². The molecule has 0 spiro atoms. The van der Waals surface area contributed by atoms with Crippen LogP contribution in [0.15, 0.2) is 24.3 Å². The molecular weight excluding hydrogens is 660 g/mol. The zero-order chi connectivity index (χ0) is 38.3. The van der Waals surface area contributed by atoms with Gasteiger partial charge in [-0.2, -0.15) is 0 Å². The first-order chi connectivity index (χ1) is 23.2. The van der Waals surface area contributed by atoms with Crippen molar-refractivity contribution in [2.75, 3.05) is 5.32 Å². The molecule has 0 radical (unpaired) electrons. The summed E-state index contributed by atoms with van der Waals surface area (Å²) in [6.07, 6.45) is -1.45. The fraction of sp³-hybridized carbons (Fsp3) is 0.548. The number of anilines is 1. The molecule has 0 aliphatic carbocycles. The smallest absolute Gasteiger partial charge is 0.303 e. The van der Waals surface area contributed by atoms with Crippen LogP contribution < -0.4 is 37.6 Å². The van der Waals surface area contributed by atoms with E-state index in [1.165, 1.54) is 38.1 Å². The van der Waals surface area contributed by atoms with Gasteiger partial charge in [0.2, 0.25) is 41.4 Å². The lowest BCUT2D eigenvalue weighted by Gasteiger charge is -2.29. The molecule has 5 atom stereocenters. The van der Waals surface area contributed by atoms with Gasteiger partial charge in [0.15, 0.2) is 0 Å². The second kappa shape index (κ2) is 20.0. The highest BCUT2D eigenvalue weighted by molar-refractivity contribution is 6.02. The lowest BCUT2D eigenvalue weighted by molar-refractivity contribution is -0.384. The maximum absolute atomic E-state index is 13.4. The van der Waals surface area contributed by atoms with Crippen molar-refractivity contribution in [3.63, 3.8) is 0 Å². The van der Waals surface area contributed by atoms with Crippen molar-refractivity contribution in [1.29, 1.82) is 0 Å². The number of aliphatic carboxylic acids is 1. The highest BCUT2D eigenvalue weighted by Crippen LogP contribution is 2.16. The Morgan fingerprint density at radius 3 is 1.68 bits per heavy atom. The lowest BCUT2D eigenvalue weighted by Crippen LogP contribution is -2.60. The number of benzene rings is 1. The van der Waals surface area contributed by atoms with E-state index in [9.17, 15) is 48.5 Å². The first kappa shape index (κ1) is 42.4. The van der Waals surface area contributed by atoms with E-state index in [2.05, 4.69) is 31.9 Å². The number of amides is 7. The summed E-state index contributed by atoms with van der Waals surface area (Å²) < 4.78 is 0. The van der Waals surface area contributed by atoms with Gasteiger partial charge >= 0.3 is 5.97 Å². The minimum Gasteiger partial charge on any atom is -0.481 e. The van der Waals surface area contributed by atoms with E-state index in [-0.39, 0.29) is 18.5 Å². The minimum absolute atomic E-state index is 0.143. The Labute approximate surface area is 288 Å². The Morgan fingerprint density at radius 2 is 1.20 bits per heavy atom. The Hall–Kier alpha value is -5.62. The third kappa shape index (κ3) is 14.7. The van der Waals surface area contributed by atoms with Crippen molar-refractivity contribution in [3.05, 3.63) is 34.4 Å². The van der Waals surface area contributed by atoms with Gasteiger partial charge in [-0.15, -0.1) is 0 Å². The normalized spacial score (nSPS) is 13.8. The van der Waals surface area contributed by atoms with Crippen molar-refractivity contribution in [3.8, 4) is 0 Å². The van der Waals surface area contributed by atoms with E-state index in [0.717, 1.165) is 0 Å². The molecule has 0 aromatic heterocycles. The molecule has 1 aromatic rings. The van der Waals surface area contributed by atoms with Crippen molar-refractivity contribution in [2.24, 2.45) is 17.6 Å².